The number of hydrogen-bond donors (Lipinski definition) is 0. The van der Waals surface area contributed by atoms with Gasteiger partial charge in [-0.25, -0.2) is 0 Å². The van der Waals surface area contributed by atoms with E-state index in [-0.39, 0.29) is 0 Å². The van der Waals surface area contributed by atoms with Crippen LogP contribution in [-0.2, 0) is 0 Å². The van der Waals surface area contributed by atoms with Crippen LogP contribution >= 0.6 is 0 Å². The first-order valence-corrected chi connectivity index (χ1v) is 6.26. The molecule has 3 aromatic rings. The molecule has 0 spiro atoms. The summed E-state index contributed by atoms with van der Waals surface area (Å²) in [6, 6.07) is 24.5. The Morgan fingerprint density at radius 1 is 0.684 bits per heavy atom. The van der Waals surface area contributed by atoms with Gasteiger partial charge in [0.2, 0.25) is 0 Å². The first kappa shape index (κ1) is 11.7. The van der Waals surface area contributed by atoms with Crippen LogP contribution in [0.4, 0.5) is 17.2 Å². The molecule has 3 rings (SSSR count). The molecule has 0 atom stereocenters. The summed E-state index contributed by atoms with van der Waals surface area (Å²) in [4.78, 5) is 6.60. The maximum absolute atomic E-state index is 4.46. The van der Waals surface area contributed by atoms with E-state index in [0.29, 0.717) is 0 Å². The van der Waals surface area contributed by atoms with Gasteiger partial charge in [-0.2, -0.15) is 0 Å². The third-order valence-corrected chi connectivity index (χ3v) is 2.91. The SMILES string of the molecule is b1cccc(N(c2ccccc2)c2ccccc2)n1. The van der Waals surface area contributed by atoms with Gasteiger partial charge in [-0.1, -0.05) is 0 Å². The standard InChI is InChI=1S/C16H13BN2/c1-3-8-14(9-4-1)19(15-10-5-2-6-11-15)16-12-7-13-17-18-16/h1-13H. The van der Waals surface area contributed by atoms with Crippen LogP contribution in [0.2, 0.25) is 0 Å². The van der Waals surface area contributed by atoms with Crippen LogP contribution in [-0.4, -0.2) is 11.9 Å². The van der Waals surface area contributed by atoms with Gasteiger partial charge in [-0.05, 0) is 0 Å². The second-order valence-corrected chi connectivity index (χ2v) is 4.19. The van der Waals surface area contributed by atoms with Crippen molar-refractivity contribution in [3.05, 3.63) is 78.8 Å². The van der Waals surface area contributed by atoms with E-state index in [9.17, 15) is 0 Å². The normalized spacial score (nSPS) is 9.89. The van der Waals surface area contributed by atoms with Crippen molar-refractivity contribution in [2.75, 3.05) is 4.90 Å². The Morgan fingerprint density at radius 3 is 1.74 bits per heavy atom. The number of hydrogen-bond acceptors (Lipinski definition) is 2. The van der Waals surface area contributed by atoms with Crippen LogP contribution in [0.1, 0.15) is 0 Å². The Bertz CT molecular complexity index is 533. The van der Waals surface area contributed by atoms with Crippen molar-refractivity contribution in [2.45, 2.75) is 0 Å². The van der Waals surface area contributed by atoms with E-state index >= 15 is 0 Å². The van der Waals surface area contributed by atoms with Gasteiger partial charge in [0.15, 0.2) is 0 Å². The summed E-state index contributed by atoms with van der Waals surface area (Å²) in [5.41, 5.74) is 2.21. The number of anilines is 3. The van der Waals surface area contributed by atoms with Gasteiger partial charge in [-0.3, -0.25) is 0 Å². The Labute approximate surface area is 113 Å². The molecular weight excluding hydrogens is 231 g/mol. The van der Waals surface area contributed by atoms with Crippen molar-refractivity contribution in [1.82, 2.24) is 4.89 Å². The van der Waals surface area contributed by atoms with Gasteiger partial charge in [0.1, 0.15) is 0 Å². The Morgan fingerprint density at radius 2 is 1.26 bits per heavy atom. The molecule has 2 aromatic carbocycles. The summed E-state index contributed by atoms with van der Waals surface area (Å²) in [6.45, 7) is 0. The molecule has 0 fully saturated rings. The van der Waals surface area contributed by atoms with Crippen molar-refractivity contribution in [1.29, 1.82) is 0 Å². The van der Waals surface area contributed by atoms with Gasteiger partial charge >= 0.3 is 113 Å². The molecule has 3 heteroatoms. The third-order valence-electron chi connectivity index (χ3n) is 2.91. The average molecular weight is 244 g/mol. The molecule has 0 aliphatic carbocycles. The van der Waals surface area contributed by atoms with Crippen LogP contribution < -0.4 is 4.90 Å². The summed E-state index contributed by atoms with van der Waals surface area (Å²) in [5.74, 6) is 2.84. The fraction of sp³-hybridized carbons (Fsp3) is 0. The zero-order valence-corrected chi connectivity index (χ0v) is 10.5. The molecule has 0 amide bonds. The Hall–Kier alpha value is -2.42. The van der Waals surface area contributed by atoms with Crippen LogP contribution in [0.15, 0.2) is 78.8 Å². The fourth-order valence-corrected chi connectivity index (χ4v) is 2.05. The van der Waals surface area contributed by atoms with Gasteiger partial charge in [0.25, 0.3) is 0 Å². The van der Waals surface area contributed by atoms with E-state index in [1.54, 1.807) is 0 Å². The van der Waals surface area contributed by atoms with Crippen molar-refractivity contribution in [2.24, 2.45) is 0 Å². The van der Waals surface area contributed by atoms with E-state index in [1.165, 1.54) is 0 Å². The zero-order chi connectivity index (χ0) is 12.9. The van der Waals surface area contributed by atoms with E-state index < -0.39 is 0 Å². The zero-order valence-electron chi connectivity index (χ0n) is 10.5. The van der Waals surface area contributed by atoms with Crippen molar-refractivity contribution >= 4 is 24.2 Å². The molecule has 0 saturated heterocycles. The monoisotopic (exact) mass is 244 g/mol. The second kappa shape index (κ2) is 5.48. The van der Waals surface area contributed by atoms with Crippen LogP contribution in [0.25, 0.3) is 0 Å². The van der Waals surface area contributed by atoms with Gasteiger partial charge in [0, 0.05) is 0 Å². The molecule has 0 radical (unpaired) electrons. The molecule has 0 saturated carbocycles. The van der Waals surface area contributed by atoms with E-state index in [0.717, 1.165) is 17.2 Å². The number of benzene rings is 2. The summed E-state index contributed by atoms with van der Waals surface area (Å²) in [5, 5.41) is 0. The second-order valence-electron chi connectivity index (χ2n) is 4.19. The van der Waals surface area contributed by atoms with Crippen LogP contribution in [0.5, 0.6) is 0 Å². The molecule has 90 valence electrons. The molecule has 1 heterocycles. The summed E-state index contributed by atoms with van der Waals surface area (Å²) >= 11 is 0. The Balaban J connectivity index is 2.12. The number of nitrogens with zero attached hydrogens (tertiary/aromatic N) is 2. The minimum atomic E-state index is 0.917. The summed E-state index contributed by atoms with van der Waals surface area (Å²) < 4.78 is 0. The molecule has 19 heavy (non-hydrogen) atoms. The van der Waals surface area contributed by atoms with Gasteiger partial charge in [-0.15, -0.1) is 0 Å². The molecule has 1 aromatic heterocycles. The van der Waals surface area contributed by atoms with Crippen molar-refractivity contribution in [3.63, 3.8) is 0 Å². The van der Waals surface area contributed by atoms with E-state index in [4.69, 9.17) is 0 Å². The number of rotatable bonds is 3. The molecule has 0 N–H and O–H groups in total. The first-order valence-electron chi connectivity index (χ1n) is 6.26. The number of aromatic nitrogens is 1. The van der Waals surface area contributed by atoms with E-state index in [2.05, 4.69) is 34.1 Å². The molecule has 0 aliphatic heterocycles. The molecule has 0 bridgehead atoms. The van der Waals surface area contributed by atoms with Crippen LogP contribution in [0.3, 0.4) is 0 Å². The first-order chi connectivity index (χ1) is 9.45. The van der Waals surface area contributed by atoms with Crippen LogP contribution in [0, 0.1) is 0 Å². The molecular formula is C16H13BN2. The number of para-hydroxylation sites is 2. The predicted octanol–water partition coefficient (Wildman–Crippen LogP) is 3.89. The Kier molecular flexibility index (Phi) is 3.37. The summed E-state index contributed by atoms with van der Waals surface area (Å²) in [7, 11) is 1.81. The van der Waals surface area contributed by atoms with Gasteiger partial charge in [0.05, 0.1) is 0 Å². The third kappa shape index (κ3) is 2.55. The average Bonchev–Trinajstić information content (AvgIpc) is 2.51. The molecule has 2 nitrogen and oxygen atoms in total. The summed E-state index contributed by atoms with van der Waals surface area (Å²) in [6.07, 6.45) is 0. The molecule has 0 aliphatic rings. The van der Waals surface area contributed by atoms with Crippen molar-refractivity contribution < 1.29 is 0 Å². The van der Waals surface area contributed by atoms with Crippen molar-refractivity contribution in [3.8, 4) is 0 Å². The molecule has 0 unspecified atom stereocenters. The maximum atomic E-state index is 4.46. The quantitative estimate of drug-likeness (QED) is 0.694. The predicted molar refractivity (Wildman–Crippen MR) is 80.3 cm³/mol. The topological polar surface area (TPSA) is 16.1 Å². The fourth-order valence-electron chi connectivity index (χ4n) is 2.05. The van der Waals surface area contributed by atoms with Gasteiger partial charge < -0.3 is 0 Å². The minimum absolute atomic E-state index is 0.917. The van der Waals surface area contributed by atoms with E-state index in [1.807, 2.05) is 61.5 Å².